The fourth-order valence-corrected chi connectivity index (χ4v) is 4.91. The Labute approximate surface area is 217 Å². The Morgan fingerprint density at radius 1 is 0.667 bits per heavy atom. The van der Waals surface area contributed by atoms with Gasteiger partial charge in [-0.1, -0.05) is 126 Å². The van der Waals surface area contributed by atoms with Crippen LogP contribution in [0, 0.1) is 6.07 Å². The molecule has 36 heavy (non-hydrogen) atoms. The van der Waals surface area contributed by atoms with Crippen LogP contribution in [0.5, 0.6) is 0 Å². The average molecular weight is 474 g/mol. The third-order valence-electron chi connectivity index (χ3n) is 6.98. The zero-order valence-corrected chi connectivity index (χ0v) is 22.4. The zero-order chi connectivity index (χ0) is 25.8. The zero-order valence-electron chi connectivity index (χ0n) is 22.4. The lowest BCUT2D eigenvalue weighted by molar-refractivity contribution is 0.0993. The molecular weight excluding hydrogens is 436 g/mol. The van der Waals surface area contributed by atoms with Gasteiger partial charge in [0.1, 0.15) is 0 Å². The van der Waals surface area contributed by atoms with Gasteiger partial charge in [-0.15, -0.1) is 0 Å². The van der Waals surface area contributed by atoms with Crippen molar-refractivity contribution in [3.8, 4) is 22.3 Å². The van der Waals surface area contributed by atoms with Crippen LogP contribution in [-0.4, -0.2) is 5.78 Å². The van der Waals surface area contributed by atoms with Gasteiger partial charge in [0.05, 0.1) is 0 Å². The maximum atomic E-state index is 14.0. The lowest BCUT2D eigenvalue weighted by Crippen LogP contribution is -2.13. The quantitative estimate of drug-likeness (QED) is 0.233. The van der Waals surface area contributed by atoms with Crippen LogP contribution in [0.15, 0.2) is 84.9 Å². The molecule has 0 aliphatic rings. The molecule has 0 unspecified atom stereocenters. The minimum atomic E-state index is 0.144. The summed E-state index contributed by atoms with van der Waals surface area (Å²) in [4.78, 5) is 14.0. The summed E-state index contributed by atoms with van der Waals surface area (Å²) >= 11 is 0. The van der Waals surface area contributed by atoms with Crippen molar-refractivity contribution in [3.05, 3.63) is 119 Å². The van der Waals surface area contributed by atoms with Crippen molar-refractivity contribution in [2.75, 3.05) is 0 Å². The molecule has 0 saturated carbocycles. The summed E-state index contributed by atoms with van der Waals surface area (Å²) in [5, 5.41) is 0. The molecule has 4 rings (SSSR count). The van der Waals surface area contributed by atoms with Gasteiger partial charge in [-0.25, -0.2) is 0 Å². The van der Waals surface area contributed by atoms with E-state index < -0.39 is 0 Å². The number of rotatable bonds is 8. The molecule has 0 aromatic heterocycles. The van der Waals surface area contributed by atoms with Gasteiger partial charge >= 0.3 is 0 Å². The van der Waals surface area contributed by atoms with Gasteiger partial charge in [-0.2, -0.15) is 0 Å². The summed E-state index contributed by atoms with van der Waals surface area (Å²) in [6, 6.07) is 32.7. The van der Waals surface area contributed by atoms with Crippen LogP contribution in [0.25, 0.3) is 22.3 Å². The molecule has 1 nitrogen and oxygen atoms in total. The Balaban J connectivity index is 1.83. The molecule has 0 bridgehead atoms. The molecule has 1 heteroatoms. The minimum Gasteiger partial charge on any atom is -0.294 e. The highest BCUT2D eigenvalue weighted by Crippen LogP contribution is 2.35. The van der Waals surface area contributed by atoms with Crippen molar-refractivity contribution in [1.82, 2.24) is 0 Å². The van der Waals surface area contributed by atoms with Gasteiger partial charge in [0.15, 0.2) is 5.78 Å². The van der Waals surface area contributed by atoms with E-state index in [1.54, 1.807) is 0 Å². The van der Waals surface area contributed by atoms with Crippen LogP contribution in [-0.2, 0) is 6.42 Å². The largest absolute Gasteiger partial charge is 0.294 e. The van der Waals surface area contributed by atoms with Gasteiger partial charge in [-0.05, 0) is 62.8 Å². The van der Waals surface area contributed by atoms with Crippen LogP contribution in [0.3, 0.4) is 0 Å². The molecule has 0 N–H and O–H groups in total. The van der Waals surface area contributed by atoms with Crippen molar-refractivity contribution in [2.45, 2.75) is 65.7 Å². The highest BCUT2D eigenvalue weighted by atomic mass is 16.1. The predicted molar refractivity (Wildman–Crippen MR) is 153 cm³/mol. The maximum Gasteiger partial charge on any atom is 0.167 e. The highest BCUT2D eigenvalue weighted by Gasteiger charge is 2.22. The van der Waals surface area contributed by atoms with Crippen molar-refractivity contribution < 1.29 is 4.79 Å². The standard InChI is InChI=1S/C35H37O/c1-23(2)29-20-31(24(3)4)34(32(21-29)25(5)6)22-35(36)30-18-17-28(26-13-9-7-10-14-26)19-33(30)27-15-11-8-12-16-27/h7-18,20-21,23-25H,22H2,1-6H3. The van der Waals surface area contributed by atoms with E-state index in [0.29, 0.717) is 24.2 Å². The molecule has 0 aliphatic heterocycles. The SMILES string of the molecule is CC(C)c1cc(C(C)C)c(CC(=O)c2ccc(-c3ccccc3)[c]c2-c2ccccc2)c(C(C)C)c1. The molecule has 0 saturated heterocycles. The van der Waals surface area contributed by atoms with Crippen LogP contribution < -0.4 is 0 Å². The molecule has 0 heterocycles. The second-order valence-electron chi connectivity index (χ2n) is 10.6. The Kier molecular flexibility index (Phi) is 7.89. The molecule has 0 spiro atoms. The van der Waals surface area contributed by atoms with Gasteiger partial charge in [-0.3, -0.25) is 4.79 Å². The topological polar surface area (TPSA) is 17.1 Å². The third kappa shape index (κ3) is 5.51. The van der Waals surface area contributed by atoms with Crippen molar-refractivity contribution in [2.24, 2.45) is 0 Å². The molecule has 4 aromatic rings. The summed E-state index contributed by atoms with van der Waals surface area (Å²) in [5.74, 6) is 1.30. The molecule has 0 aliphatic carbocycles. The van der Waals surface area contributed by atoms with E-state index in [-0.39, 0.29) is 5.78 Å². The van der Waals surface area contributed by atoms with Crippen LogP contribution in [0.2, 0.25) is 0 Å². The first-order chi connectivity index (χ1) is 17.3. The first-order valence-corrected chi connectivity index (χ1v) is 13.1. The number of ketones is 1. The van der Waals surface area contributed by atoms with E-state index >= 15 is 0 Å². The molecule has 0 fully saturated rings. The molecule has 1 radical (unpaired) electrons. The third-order valence-corrected chi connectivity index (χ3v) is 6.98. The summed E-state index contributed by atoms with van der Waals surface area (Å²) in [5.41, 5.74) is 9.86. The maximum absolute atomic E-state index is 14.0. The van der Waals surface area contributed by atoms with Crippen molar-refractivity contribution >= 4 is 5.78 Å². The Bertz CT molecular complexity index is 1300. The highest BCUT2D eigenvalue weighted by molar-refractivity contribution is 6.04. The molecule has 183 valence electrons. The van der Waals surface area contributed by atoms with E-state index in [1.807, 2.05) is 48.5 Å². The number of hydrogen-bond donors (Lipinski definition) is 0. The Morgan fingerprint density at radius 2 is 1.19 bits per heavy atom. The number of carbonyl (C=O) groups is 1. The predicted octanol–water partition coefficient (Wildman–Crippen LogP) is 9.62. The fraction of sp³-hybridized carbons (Fsp3) is 0.286. The molecular formula is C35H37O. The smallest absolute Gasteiger partial charge is 0.167 e. The average Bonchev–Trinajstić information content (AvgIpc) is 2.89. The monoisotopic (exact) mass is 473 g/mol. The van der Waals surface area contributed by atoms with Crippen LogP contribution in [0.4, 0.5) is 0 Å². The molecule has 0 amide bonds. The van der Waals surface area contributed by atoms with Crippen molar-refractivity contribution in [1.29, 1.82) is 0 Å². The summed E-state index contributed by atoms with van der Waals surface area (Å²) in [6.07, 6.45) is 0.401. The number of benzene rings is 4. The van der Waals surface area contributed by atoms with E-state index in [4.69, 9.17) is 0 Å². The number of carbonyl (C=O) groups excluding carboxylic acids is 1. The summed E-state index contributed by atoms with van der Waals surface area (Å²) in [6.45, 7) is 13.4. The summed E-state index contributed by atoms with van der Waals surface area (Å²) < 4.78 is 0. The van der Waals surface area contributed by atoms with Crippen LogP contribution in [0.1, 0.15) is 91.9 Å². The van der Waals surface area contributed by atoms with E-state index in [1.165, 1.54) is 22.3 Å². The normalized spacial score (nSPS) is 11.5. The minimum absolute atomic E-state index is 0.144. The van der Waals surface area contributed by atoms with Gasteiger partial charge in [0.25, 0.3) is 0 Å². The lowest BCUT2D eigenvalue weighted by Gasteiger charge is -2.23. The number of Topliss-reactive ketones (excluding diaryl/α,β-unsaturated/α-hetero) is 1. The second-order valence-corrected chi connectivity index (χ2v) is 10.6. The van der Waals surface area contributed by atoms with Crippen molar-refractivity contribution in [3.63, 3.8) is 0 Å². The lowest BCUT2D eigenvalue weighted by atomic mass is 9.81. The van der Waals surface area contributed by atoms with Gasteiger partial charge in [0, 0.05) is 17.5 Å². The van der Waals surface area contributed by atoms with E-state index in [2.05, 4.69) is 84.0 Å². The van der Waals surface area contributed by atoms with Gasteiger partial charge < -0.3 is 0 Å². The summed E-state index contributed by atoms with van der Waals surface area (Å²) in [7, 11) is 0. The van der Waals surface area contributed by atoms with E-state index in [9.17, 15) is 4.79 Å². The Hall–Kier alpha value is -3.45. The first kappa shape index (κ1) is 25.6. The van der Waals surface area contributed by atoms with Crippen LogP contribution >= 0.6 is 0 Å². The fourth-order valence-electron chi connectivity index (χ4n) is 4.91. The first-order valence-electron chi connectivity index (χ1n) is 13.1. The molecule has 0 atom stereocenters. The number of hydrogen-bond acceptors (Lipinski definition) is 1. The second kappa shape index (κ2) is 11.1. The molecule has 4 aromatic carbocycles. The van der Waals surface area contributed by atoms with E-state index in [0.717, 1.165) is 27.8 Å². The Morgan fingerprint density at radius 3 is 1.69 bits per heavy atom. The van der Waals surface area contributed by atoms with Gasteiger partial charge in [0.2, 0.25) is 0 Å².